The van der Waals surface area contributed by atoms with E-state index in [0.29, 0.717) is 10.6 Å². The minimum Gasteiger partial charge on any atom is -0.321 e. The lowest BCUT2D eigenvalue weighted by atomic mass is 9.72. The first kappa shape index (κ1) is 11.9. The zero-order valence-electron chi connectivity index (χ0n) is 9.69. The second-order valence-corrected chi connectivity index (χ2v) is 5.58. The van der Waals surface area contributed by atoms with Crippen LogP contribution in [0.25, 0.3) is 0 Å². The molecule has 1 nitrogen and oxygen atoms in total. The van der Waals surface area contributed by atoms with Gasteiger partial charge >= 0.3 is 0 Å². The molecule has 0 saturated heterocycles. The molecule has 2 rings (SSSR count). The Morgan fingerprint density at radius 3 is 2.38 bits per heavy atom. The van der Waals surface area contributed by atoms with Gasteiger partial charge in [0.1, 0.15) is 5.67 Å². The molecule has 0 aromatic heterocycles. The number of halogens is 2. The molecular formula is C13H17ClFN. The standard InChI is InChI=1S/C13H17ClFN/c1-12(2,15)9-4-5-10(11(14)8-9)13(16)6-3-7-13/h4-5,8H,3,6-7,16H2,1-2H3. The summed E-state index contributed by atoms with van der Waals surface area (Å²) in [6.45, 7) is 3.06. The van der Waals surface area contributed by atoms with Gasteiger partial charge in [0.05, 0.1) is 0 Å². The minimum absolute atomic E-state index is 0.282. The van der Waals surface area contributed by atoms with Crippen LogP contribution >= 0.6 is 11.6 Å². The van der Waals surface area contributed by atoms with E-state index < -0.39 is 5.67 Å². The smallest absolute Gasteiger partial charge is 0.130 e. The van der Waals surface area contributed by atoms with Crippen LogP contribution in [0.5, 0.6) is 0 Å². The molecule has 1 aliphatic carbocycles. The van der Waals surface area contributed by atoms with E-state index in [1.54, 1.807) is 12.1 Å². The largest absolute Gasteiger partial charge is 0.321 e. The number of benzene rings is 1. The predicted octanol–water partition coefficient (Wildman–Crippen LogP) is 3.88. The van der Waals surface area contributed by atoms with Crippen molar-refractivity contribution in [3.63, 3.8) is 0 Å². The molecule has 1 fully saturated rings. The van der Waals surface area contributed by atoms with E-state index in [2.05, 4.69) is 0 Å². The molecule has 0 atom stereocenters. The molecule has 1 saturated carbocycles. The van der Waals surface area contributed by atoms with E-state index >= 15 is 0 Å². The van der Waals surface area contributed by atoms with E-state index in [0.717, 1.165) is 24.8 Å². The summed E-state index contributed by atoms with van der Waals surface area (Å²) >= 11 is 6.19. The third-order valence-corrected chi connectivity index (χ3v) is 3.75. The van der Waals surface area contributed by atoms with Crippen LogP contribution in [0.4, 0.5) is 4.39 Å². The maximum atomic E-state index is 13.7. The van der Waals surface area contributed by atoms with E-state index in [1.165, 1.54) is 13.8 Å². The molecule has 3 heteroatoms. The Balaban J connectivity index is 2.37. The average Bonchev–Trinajstić information content (AvgIpc) is 2.12. The number of rotatable bonds is 2. The molecule has 2 N–H and O–H groups in total. The molecule has 1 aromatic carbocycles. The van der Waals surface area contributed by atoms with E-state index in [4.69, 9.17) is 17.3 Å². The summed E-state index contributed by atoms with van der Waals surface area (Å²) in [6, 6.07) is 5.36. The Kier molecular flexibility index (Phi) is 2.75. The Morgan fingerprint density at radius 2 is 2.00 bits per heavy atom. The van der Waals surface area contributed by atoms with Crippen LogP contribution in [0.2, 0.25) is 5.02 Å². The lowest BCUT2D eigenvalue weighted by Gasteiger charge is -2.39. The van der Waals surface area contributed by atoms with Crippen molar-refractivity contribution in [2.45, 2.75) is 44.3 Å². The molecular weight excluding hydrogens is 225 g/mol. The molecule has 88 valence electrons. The first-order chi connectivity index (χ1) is 7.33. The van der Waals surface area contributed by atoms with Crippen molar-refractivity contribution in [3.8, 4) is 0 Å². The zero-order valence-corrected chi connectivity index (χ0v) is 10.4. The minimum atomic E-state index is -1.36. The third-order valence-electron chi connectivity index (χ3n) is 3.44. The average molecular weight is 242 g/mol. The van der Waals surface area contributed by atoms with Crippen molar-refractivity contribution in [2.75, 3.05) is 0 Å². The lowest BCUT2D eigenvalue weighted by molar-refractivity contribution is 0.220. The highest BCUT2D eigenvalue weighted by Gasteiger charge is 2.36. The first-order valence-corrected chi connectivity index (χ1v) is 5.99. The summed E-state index contributed by atoms with van der Waals surface area (Å²) < 4.78 is 13.7. The highest BCUT2D eigenvalue weighted by molar-refractivity contribution is 6.31. The van der Waals surface area contributed by atoms with Gasteiger partial charge in [-0.05, 0) is 50.3 Å². The van der Waals surface area contributed by atoms with Gasteiger partial charge in [-0.1, -0.05) is 23.7 Å². The van der Waals surface area contributed by atoms with Crippen molar-refractivity contribution in [3.05, 3.63) is 34.3 Å². The SMILES string of the molecule is CC(C)(F)c1ccc(C2(N)CCC2)c(Cl)c1. The molecule has 0 spiro atoms. The van der Waals surface area contributed by atoms with E-state index in [1.807, 2.05) is 6.07 Å². The van der Waals surface area contributed by atoms with Gasteiger partial charge in [0.15, 0.2) is 0 Å². The third kappa shape index (κ3) is 1.96. The van der Waals surface area contributed by atoms with Gasteiger partial charge in [-0.3, -0.25) is 0 Å². The van der Waals surface area contributed by atoms with Crippen LogP contribution in [0.15, 0.2) is 18.2 Å². The van der Waals surface area contributed by atoms with Gasteiger partial charge in [-0.2, -0.15) is 0 Å². The van der Waals surface area contributed by atoms with Crippen LogP contribution in [-0.4, -0.2) is 0 Å². The Bertz CT molecular complexity index is 405. The van der Waals surface area contributed by atoms with Crippen LogP contribution in [-0.2, 0) is 11.2 Å². The van der Waals surface area contributed by atoms with Gasteiger partial charge in [0.25, 0.3) is 0 Å². The molecule has 1 aromatic rings. The summed E-state index contributed by atoms with van der Waals surface area (Å²) in [7, 11) is 0. The van der Waals surface area contributed by atoms with Crippen molar-refractivity contribution in [2.24, 2.45) is 5.73 Å². The molecule has 0 bridgehead atoms. The normalized spacial score (nSPS) is 19.3. The zero-order chi connectivity index (χ0) is 12.0. The monoisotopic (exact) mass is 241 g/mol. The van der Waals surface area contributed by atoms with Gasteiger partial charge in [-0.25, -0.2) is 4.39 Å². The molecule has 0 radical (unpaired) electrons. The summed E-state index contributed by atoms with van der Waals surface area (Å²) in [5, 5.41) is 0.588. The molecule has 0 heterocycles. The summed E-state index contributed by atoms with van der Waals surface area (Å²) in [5.74, 6) is 0. The highest BCUT2D eigenvalue weighted by atomic mass is 35.5. The quantitative estimate of drug-likeness (QED) is 0.836. The summed E-state index contributed by atoms with van der Waals surface area (Å²) in [4.78, 5) is 0. The van der Waals surface area contributed by atoms with Gasteiger partial charge in [0.2, 0.25) is 0 Å². The molecule has 16 heavy (non-hydrogen) atoms. The Morgan fingerprint density at radius 1 is 1.38 bits per heavy atom. The maximum absolute atomic E-state index is 13.7. The maximum Gasteiger partial charge on any atom is 0.130 e. The topological polar surface area (TPSA) is 26.0 Å². The van der Waals surface area contributed by atoms with Crippen LogP contribution in [0, 0.1) is 0 Å². The van der Waals surface area contributed by atoms with Crippen LogP contribution in [0.1, 0.15) is 44.2 Å². The molecule has 0 aliphatic heterocycles. The lowest BCUT2D eigenvalue weighted by Crippen LogP contribution is -2.43. The molecule has 0 amide bonds. The number of hydrogen-bond acceptors (Lipinski definition) is 1. The number of hydrogen-bond donors (Lipinski definition) is 1. The van der Waals surface area contributed by atoms with Crippen molar-refractivity contribution in [1.82, 2.24) is 0 Å². The fourth-order valence-electron chi connectivity index (χ4n) is 2.12. The predicted molar refractivity (Wildman–Crippen MR) is 65.3 cm³/mol. The number of nitrogens with two attached hydrogens (primary N) is 1. The van der Waals surface area contributed by atoms with Gasteiger partial charge in [-0.15, -0.1) is 0 Å². The van der Waals surface area contributed by atoms with Gasteiger partial charge < -0.3 is 5.73 Å². The second kappa shape index (κ2) is 3.71. The first-order valence-electron chi connectivity index (χ1n) is 5.61. The van der Waals surface area contributed by atoms with Crippen molar-refractivity contribution < 1.29 is 4.39 Å². The Labute approximate surface area is 101 Å². The van der Waals surface area contributed by atoms with Crippen LogP contribution < -0.4 is 5.73 Å². The van der Waals surface area contributed by atoms with E-state index in [-0.39, 0.29) is 5.54 Å². The fraction of sp³-hybridized carbons (Fsp3) is 0.538. The van der Waals surface area contributed by atoms with E-state index in [9.17, 15) is 4.39 Å². The second-order valence-electron chi connectivity index (χ2n) is 5.18. The summed E-state index contributed by atoms with van der Waals surface area (Å²) in [5.41, 5.74) is 6.12. The van der Waals surface area contributed by atoms with Crippen molar-refractivity contribution in [1.29, 1.82) is 0 Å². The van der Waals surface area contributed by atoms with Crippen LogP contribution in [0.3, 0.4) is 0 Å². The fourth-order valence-corrected chi connectivity index (χ4v) is 2.48. The Hall–Kier alpha value is -0.600. The summed E-state index contributed by atoms with van der Waals surface area (Å²) in [6.07, 6.45) is 3.07. The van der Waals surface area contributed by atoms with Crippen molar-refractivity contribution >= 4 is 11.6 Å². The number of alkyl halides is 1. The molecule has 1 aliphatic rings. The highest BCUT2D eigenvalue weighted by Crippen LogP contribution is 2.42. The van der Waals surface area contributed by atoms with Gasteiger partial charge in [0, 0.05) is 10.6 Å². The molecule has 0 unspecified atom stereocenters.